The summed E-state index contributed by atoms with van der Waals surface area (Å²) in [5, 5.41) is 9.45. The van der Waals surface area contributed by atoms with Crippen LogP contribution < -0.4 is 9.47 Å². The Hall–Kier alpha value is -3.06. The normalized spacial score (nSPS) is 10.7. The first-order valence-electron chi connectivity index (χ1n) is 7.24. The molecule has 0 heterocycles. The molecule has 0 aliphatic heterocycles. The number of carbonyl (C=O) groups excluding carboxylic acids is 1. The highest BCUT2D eigenvalue weighted by Gasteiger charge is 2.08. The van der Waals surface area contributed by atoms with E-state index in [1.807, 2.05) is 24.3 Å². The van der Waals surface area contributed by atoms with Crippen molar-refractivity contribution in [2.75, 3.05) is 7.11 Å². The van der Waals surface area contributed by atoms with Gasteiger partial charge in [0.15, 0.2) is 0 Å². The minimum Gasteiger partial charge on any atom is -0.496 e. The highest BCUT2D eigenvalue weighted by Crippen LogP contribution is 2.27. The fraction of sp³-hybridized carbons (Fsp3) is 0.158. The van der Waals surface area contributed by atoms with Gasteiger partial charge in [-0.25, -0.2) is 0 Å². The number of rotatable bonds is 5. The fourth-order valence-electron chi connectivity index (χ4n) is 2.08. The molecule has 0 saturated heterocycles. The molecule has 23 heavy (non-hydrogen) atoms. The van der Waals surface area contributed by atoms with Crippen molar-refractivity contribution < 1.29 is 14.3 Å². The average molecular weight is 307 g/mol. The topological polar surface area (TPSA) is 59.3 Å². The van der Waals surface area contributed by atoms with E-state index in [0.29, 0.717) is 29.1 Å². The molecule has 4 heteroatoms. The van der Waals surface area contributed by atoms with Gasteiger partial charge in [0, 0.05) is 12.0 Å². The second-order valence-electron chi connectivity index (χ2n) is 4.77. The number of benzene rings is 2. The predicted octanol–water partition coefficient (Wildman–Crippen LogP) is 4.07. The van der Waals surface area contributed by atoms with Crippen LogP contribution in [0.15, 0.2) is 48.5 Å². The Morgan fingerprint density at radius 2 is 2.00 bits per heavy atom. The molecular weight excluding hydrogens is 290 g/mol. The summed E-state index contributed by atoms with van der Waals surface area (Å²) in [4.78, 5) is 11.4. The maximum Gasteiger partial charge on any atom is 0.310 e. The Bertz CT molecular complexity index is 772. The third kappa shape index (κ3) is 4.21. The van der Waals surface area contributed by atoms with Crippen LogP contribution in [-0.4, -0.2) is 13.1 Å². The van der Waals surface area contributed by atoms with E-state index in [0.717, 1.165) is 5.56 Å². The Morgan fingerprint density at radius 1 is 1.22 bits per heavy atom. The summed E-state index contributed by atoms with van der Waals surface area (Å²) < 4.78 is 10.5. The third-order valence-electron chi connectivity index (χ3n) is 3.21. The molecule has 0 spiro atoms. The van der Waals surface area contributed by atoms with Gasteiger partial charge in [0.2, 0.25) is 0 Å². The van der Waals surface area contributed by atoms with Crippen LogP contribution in [0.2, 0.25) is 0 Å². The number of para-hydroxylation sites is 1. The molecule has 116 valence electrons. The van der Waals surface area contributed by atoms with Crippen LogP contribution in [0.1, 0.15) is 24.5 Å². The smallest absolute Gasteiger partial charge is 0.310 e. The van der Waals surface area contributed by atoms with Gasteiger partial charge in [-0.3, -0.25) is 4.79 Å². The minimum atomic E-state index is -0.295. The van der Waals surface area contributed by atoms with E-state index in [-0.39, 0.29) is 5.97 Å². The van der Waals surface area contributed by atoms with E-state index in [1.54, 1.807) is 44.4 Å². The summed E-state index contributed by atoms with van der Waals surface area (Å²) in [5.74, 6) is 0.799. The molecule has 0 N–H and O–H groups in total. The summed E-state index contributed by atoms with van der Waals surface area (Å²) in [6.07, 6.45) is 2.05. The number of hydrogen-bond donors (Lipinski definition) is 0. The van der Waals surface area contributed by atoms with Crippen LogP contribution in [0.5, 0.6) is 11.5 Å². The van der Waals surface area contributed by atoms with Crippen LogP contribution in [0.3, 0.4) is 0 Å². The number of ether oxygens (including phenoxy) is 2. The molecule has 0 saturated carbocycles. The molecule has 0 aliphatic rings. The van der Waals surface area contributed by atoms with E-state index >= 15 is 0 Å². The number of hydrogen-bond acceptors (Lipinski definition) is 4. The lowest BCUT2D eigenvalue weighted by atomic mass is 10.0. The number of methoxy groups -OCH3 is 1. The predicted molar refractivity (Wildman–Crippen MR) is 88.8 cm³/mol. The Labute approximate surface area is 135 Å². The first kappa shape index (κ1) is 16.3. The molecule has 0 radical (unpaired) electrons. The zero-order valence-corrected chi connectivity index (χ0v) is 13.1. The molecule has 2 aromatic carbocycles. The summed E-state index contributed by atoms with van der Waals surface area (Å²) in [7, 11) is 1.57. The van der Waals surface area contributed by atoms with E-state index in [1.165, 1.54) is 0 Å². The van der Waals surface area contributed by atoms with E-state index in [2.05, 4.69) is 6.07 Å². The Morgan fingerprint density at radius 3 is 2.70 bits per heavy atom. The lowest BCUT2D eigenvalue weighted by Gasteiger charge is -2.07. The molecule has 4 nitrogen and oxygen atoms in total. The summed E-state index contributed by atoms with van der Waals surface area (Å²) >= 11 is 0. The lowest BCUT2D eigenvalue weighted by Crippen LogP contribution is -2.05. The zero-order valence-electron chi connectivity index (χ0n) is 13.1. The van der Waals surface area contributed by atoms with Crippen molar-refractivity contribution in [2.24, 2.45) is 0 Å². The van der Waals surface area contributed by atoms with E-state index in [9.17, 15) is 10.1 Å². The van der Waals surface area contributed by atoms with E-state index < -0.39 is 0 Å². The Balaban J connectivity index is 2.37. The minimum absolute atomic E-state index is 0.295. The largest absolute Gasteiger partial charge is 0.496 e. The van der Waals surface area contributed by atoms with Crippen LogP contribution in [0.25, 0.3) is 11.6 Å². The van der Waals surface area contributed by atoms with Crippen LogP contribution in [-0.2, 0) is 4.79 Å². The molecule has 0 bridgehead atoms. The van der Waals surface area contributed by atoms with Gasteiger partial charge in [-0.05, 0) is 35.9 Å². The Kier molecular flexibility index (Phi) is 5.54. The average Bonchev–Trinajstić information content (AvgIpc) is 2.60. The zero-order chi connectivity index (χ0) is 16.7. The van der Waals surface area contributed by atoms with Crippen molar-refractivity contribution in [1.29, 1.82) is 5.26 Å². The summed E-state index contributed by atoms with van der Waals surface area (Å²) in [5.41, 5.74) is 1.96. The third-order valence-corrected chi connectivity index (χ3v) is 3.21. The monoisotopic (exact) mass is 307 g/mol. The van der Waals surface area contributed by atoms with Gasteiger partial charge in [0.05, 0.1) is 18.8 Å². The SMILES string of the molecule is CCC(=O)Oc1cccc(/C=C(/C#N)c2ccccc2OC)c1. The van der Waals surface area contributed by atoms with Gasteiger partial charge in [-0.2, -0.15) is 5.26 Å². The van der Waals surface area contributed by atoms with Crippen molar-refractivity contribution >= 4 is 17.6 Å². The van der Waals surface area contributed by atoms with Gasteiger partial charge in [-0.15, -0.1) is 0 Å². The van der Waals surface area contributed by atoms with E-state index in [4.69, 9.17) is 9.47 Å². The summed E-state index contributed by atoms with van der Waals surface area (Å²) in [6, 6.07) is 16.6. The van der Waals surface area contributed by atoms with Gasteiger partial charge in [-0.1, -0.05) is 31.2 Å². The van der Waals surface area contributed by atoms with Gasteiger partial charge >= 0.3 is 5.97 Å². The summed E-state index contributed by atoms with van der Waals surface area (Å²) in [6.45, 7) is 1.74. The van der Waals surface area contributed by atoms with Crippen molar-refractivity contribution in [3.05, 3.63) is 59.7 Å². The molecular formula is C19H17NO3. The first-order chi connectivity index (χ1) is 11.2. The molecule has 2 rings (SSSR count). The lowest BCUT2D eigenvalue weighted by molar-refractivity contribution is -0.134. The van der Waals surface area contributed by atoms with Gasteiger partial charge < -0.3 is 9.47 Å². The van der Waals surface area contributed by atoms with Crippen LogP contribution in [0, 0.1) is 11.3 Å². The molecule has 0 aromatic heterocycles. The number of nitriles is 1. The maximum atomic E-state index is 11.4. The number of nitrogens with zero attached hydrogens (tertiary/aromatic N) is 1. The van der Waals surface area contributed by atoms with Crippen LogP contribution >= 0.6 is 0 Å². The molecule has 0 amide bonds. The van der Waals surface area contributed by atoms with Crippen molar-refractivity contribution in [3.8, 4) is 17.6 Å². The highest BCUT2D eigenvalue weighted by molar-refractivity contribution is 5.91. The maximum absolute atomic E-state index is 11.4. The molecule has 0 unspecified atom stereocenters. The molecule has 0 atom stereocenters. The van der Waals surface area contributed by atoms with Crippen molar-refractivity contribution in [1.82, 2.24) is 0 Å². The van der Waals surface area contributed by atoms with Crippen LogP contribution in [0.4, 0.5) is 0 Å². The second-order valence-corrected chi connectivity index (χ2v) is 4.77. The quantitative estimate of drug-likeness (QED) is 0.361. The highest BCUT2D eigenvalue weighted by atomic mass is 16.5. The fourth-order valence-corrected chi connectivity index (χ4v) is 2.08. The van der Waals surface area contributed by atoms with Gasteiger partial charge in [0.1, 0.15) is 11.5 Å². The second kappa shape index (κ2) is 7.81. The van der Waals surface area contributed by atoms with Gasteiger partial charge in [0.25, 0.3) is 0 Å². The number of esters is 1. The van der Waals surface area contributed by atoms with Crippen molar-refractivity contribution in [2.45, 2.75) is 13.3 Å². The standard InChI is InChI=1S/C19H17NO3/c1-3-19(21)23-16-8-6-7-14(12-16)11-15(13-20)17-9-4-5-10-18(17)22-2/h4-12H,3H2,1-2H3/b15-11-. The number of allylic oxidation sites excluding steroid dienone is 1. The molecule has 2 aromatic rings. The number of carbonyl (C=O) groups is 1. The molecule has 0 fully saturated rings. The first-order valence-corrected chi connectivity index (χ1v) is 7.24. The van der Waals surface area contributed by atoms with Crippen molar-refractivity contribution in [3.63, 3.8) is 0 Å². The molecule has 0 aliphatic carbocycles.